The van der Waals surface area contributed by atoms with Crippen molar-refractivity contribution in [1.29, 1.82) is 0 Å². The lowest BCUT2D eigenvalue weighted by molar-refractivity contribution is -0.138. The molecule has 0 radical (unpaired) electrons. The average Bonchev–Trinajstić information content (AvgIpc) is 3.09. The van der Waals surface area contributed by atoms with Gasteiger partial charge in [-0.1, -0.05) is 30.3 Å². The number of benzene rings is 2. The van der Waals surface area contributed by atoms with Gasteiger partial charge in [0.2, 0.25) is 0 Å². The minimum Gasteiger partial charge on any atom is -0.506 e. The number of para-hydroxylation sites is 2. The van der Waals surface area contributed by atoms with Gasteiger partial charge in [-0.2, -0.15) is 0 Å². The Morgan fingerprint density at radius 3 is 2.64 bits per heavy atom. The molecule has 0 bridgehead atoms. The van der Waals surface area contributed by atoms with Gasteiger partial charge in [0.05, 0.1) is 5.39 Å². The van der Waals surface area contributed by atoms with Crippen molar-refractivity contribution in [2.75, 3.05) is 0 Å². The van der Waals surface area contributed by atoms with E-state index < -0.39 is 17.6 Å². The van der Waals surface area contributed by atoms with Crippen molar-refractivity contribution in [3.63, 3.8) is 0 Å². The number of carboxylic acids is 1. The Bertz CT molecular complexity index is 1270. The summed E-state index contributed by atoms with van der Waals surface area (Å²) < 4.78 is 5.17. The van der Waals surface area contributed by atoms with E-state index in [4.69, 9.17) is 4.42 Å². The molecule has 0 fully saturated rings. The second-order valence-electron chi connectivity index (χ2n) is 6.34. The van der Waals surface area contributed by atoms with Crippen LogP contribution in [0.3, 0.4) is 0 Å². The van der Waals surface area contributed by atoms with E-state index in [1.165, 1.54) is 0 Å². The molecular weight excluding hydrogens is 360 g/mol. The number of aliphatic carboxylic acids is 1. The van der Waals surface area contributed by atoms with Gasteiger partial charge in [0, 0.05) is 29.7 Å². The zero-order chi connectivity index (χ0) is 19.7. The van der Waals surface area contributed by atoms with Gasteiger partial charge in [0.1, 0.15) is 16.9 Å². The van der Waals surface area contributed by atoms with Gasteiger partial charge >= 0.3 is 11.6 Å². The van der Waals surface area contributed by atoms with Gasteiger partial charge in [-0.3, -0.25) is 4.99 Å². The molecule has 1 atom stereocenters. The van der Waals surface area contributed by atoms with Crippen LogP contribution in [0.15, 0.2) is 68.9 Å². The van der Waals surface area contributed by atoms with Crippen molar-refractivity contribution in [3.05, 3.63) is 76.3 Å². The van der Waals surface area contributed by atoms with Crippen LogP contribution in [0.2, 0.25) is 0 Å². The van der Waals surface area contributed by atoms with Gasteiger partial charge in [0.15, 0.2) is 6.04 Å². The molecule has 0 saturated heterocycles. The molecule has 3 N–H and O–H groups in total. The van der Waals surface area contributed by atoms with Crippen molar-refractivity contribution in [1.82, 2.24) is 4.98 Å². The van der Waals surface area contributed by atoms with Crippen LogP contribution in [0.25, 0.3) is 21.9 Å². The number of hydrogen-bond acceptors (Lipinski definition) is 5. The second-order valence-corrected chi connectivity index (χ2v) is 6.34. The van der Waals surface area contributed by atoms with E-state index in [0.29, 0.717) is 5.39 Å². The molecule has 0 spiro atoms. The molecule has 4 rings (SSSR count). The first-order valence-corrected chi connectivity index (χ1v) is 8.60. The third-order valence-electron chi connectivity index (χ3n) is 4.58. The summed E-state index contributed by atoms with van der Waals surface area (Å²) in [6.07, 6.45) is 2.95. The van der Waals surface area contributed by atoms with Crippen LogP contribution in [0.4, 0.5) is 0 Å². The lowest BCUT2D eigenvalue weighted by Gasteiger charge is -2.07. The van der Waals surface area contributed by atoms with Crippen molar-refractivity contribution < 1.29 is 19.4 Å². The van der Waals surface area contributed by atoms with E-state index in [0.717, 1.165) is 22.7 Å². The zero-order valence-corrected chi connectivity index (χ0v) is 14.6. The maximum atomic E-state index is 12.2. The number of nitrogens with one attached hydrogen (secondary N) is 1. The molecule has 0 aliphatic heterocycles. The highest BCUT2D eigenvalue weighted by Gasteiger charge is 2.19. The zero-order valence-electron chi connectivity index (χ0n) is 14.6. The smallest absolute Gasteiger partial charge is 0.348 e. The monoisotopic (exact) mass is 376 g/mol. The van der Waals surface area contributed by atoms with Gasteiger partial charge in [-0.05, 0) is 23.8 Å². The first-order chi connectivity index (χ1) is 13.5. The van der Waals surface area contributed by atoms with Gasteiger partial charge < -0.3 is 19.6 Å². The minimum atomic E-state index is -1.13. The molecule has 0 unspecified atom stereocenters. The molecule has 4 aromatic rings. The fourth-order valence-electron chi connectivity index (χ4n) is 3.14. The van der Waals surface area contributed by atoms with Crippen LogP contribution >= 0.6 is 0 Å². The van der Waals surface area contributed by atoms with Crippen LogP contribution in [0.1, 0.15) is 11.1 Å². The van der Waals surface area contributed by atoms with Crippen molar-refractivity contribution in [3.8, 4) is 5.75 Å². The summed E-state index contributed by atoms with van der Waals surface area (Å²) in [6.45, 7) is 0. The summed E-state index contributed by atoms with van der Waals surface area (Å²) in [5.41, 5.74) is 0.990. The topological polar surface area (TPSA) is 116 Å². The average molecular weight is 376 g/mol. The summed E-state index contributed by atoms with van der Waals surface area (Å²) >= 11 is 0. The molecule has 2 aromatic carbocycles. The van der Waals surface area contributed by atoms with Crippen LogP contribution in [-0.4, -0.2) is 33.4 Å². The Hall–Kier alpha value is -3.87. The molecule has 140 valence electrons. The highest BCUT2D eigenvalue weighted by Crippen LogP contribution is 2.25. The van der Waals surface area contributed by atoms with E-state index in [2.05, 4.69) is 9.98 Å². The second kappa shape index (κ2) is 7.03. The Balaban J connectivity index is 1.69. The minimum absolute atomic E-state index is 0.134. The molecule has 28 heavy (non-hydrogen) atoms. The Labute approximate surface area is 158 Å². The number of aromatic hydroxyl groups is 1. The van der Waals surface area contributed by atoms with E-state index in [1.54, 1.807) is 30.5 Å². The molecule has 7 heteroatoms. The van der Waals surface area contributed by atoms with Crippen molar-refractivity contribution in [2.24, 2.45) is 4.99 Å². The highest BCUT2D eigenvalue weighted by molar-refractivity contribution is 5.94. The number of fused-ring (bicyclic) bond motifs is 2. The Morgan fingerprint density at radius 2 is 1.86 bits per heavy atom. The van der Waals surface area contributed by atoms with Crippen LogP contribution in [0.5, 0.6) is 5.75 Å². The Kier molecular flexibility index (Phi) is 4.41. The molecule has 0 aliphatic rings. The standard InChI is InChI=1S/C21H16N2O5/c24-19-14-6-2-4-8-18(14)28-21(27)15(19)11-23-17(20(25)26)9-12-10-22-16-7-3-1-5-13(12)16/h1-8,10-11,17,22,24H,9H2,(H,25,26)/t17-/m1/s1. The fourth-order valence-corrected chi connectivity index (χ4v) is 3.14. The number of aromatic nitrogens is 1. The quantitative estimate of drug-likeness (QED) is 0.366. The summed E-state index contributed by atoms with van der Waals surface area (Å²) in [4.78, 5) is 31.0. The summed E-state index contributed by atoms with van der Waals surface area (Å²) in [5, 5.41) is 21.2. The molecule has 2 aromatic heterocycles. The van der Waals surface area contributed by atoms with E-state index in [9.17, 15) is 19.8 Å². The third-order valence-corrected chi connectivity index (χ3v) is 4.58. The highest BCUT2D eigenvalue weighted by atomic mass is 16.4. The SMILES string of the molecule is O=C(O)[C@@H](Cc1c[nH]c2ccccc12)N=Cc1c(O)c2ccccc2oc1=O. The van der Waals surface area contributed by atoms with Crippen molar-refractivity contribution in [2.45, 2.75) is 12.5 Å². The number of carboxylic acid groups (broad SMARTS) is 1. The number of aliphatic imine (C=N–C) groups is 1. The molecule has 2 heterocycles. The van der Waals surface area contributed by atoms with Gasteiger partial charge in [0.25, 0.3) is 0 Å². The maximum absolute atomic E-state index is 12.2. The number of carbonyl (C=O) groups is 1. The number of rotatable bonds is 5. The molecule has 0 saturated carbocycles. The molecular formula is C21H16N2O5. The first kappa shape index (κ1) is 17.5. The molecule has 0 amide bonds. The van der Waals surface area contributed by atoms with Crippen LogP contribution in [0, 0.1) is 0 Å². The lowest BCUT2D eigenvalue weighted by atomic mass is 10.1. The third kappa shape index (κ3) is 3.14. The molecule has 0 aliphatic carbocycles. The lowest BCUT2D eigenvalue weighted by Crippen LogP contribution is -2.21. The normalized spacial score (nSPS) is 12.7. The van der Waals surface area contributed by atoms with Gasteiger partial charge in [-0.25, -0.2) is 9.59 Å². The first-order valence-electron chi connectivity index (χ1n) is 8.60. The predicted molar refractivity (Wildman–Crippen MR) is 105 cm³/mol. The largest absolute Gasteiger partial charge is 0.506 e. The van der Waals surface area contributed by atoms with Gasteiger partial charge in [-0.15, -0.1) is 0 Å². The maximum Gasteiger partial charge on any atom is 0.348 e. The Morgan fingerprint density at radius 1 is 1.14 bits per heavy atom. The molecule has 7 nitrogen and oxygen atoms in total. The van der Waals surface area contributed by atoms with Crippen LogP contribution in [-0.2, 0) is 11.2 Å². The fraction of sp³-hybridized carbons (Fsp3) is 0.0952. The number of hydrogen-bond donors (Lipinski definition) is 3. The summed E-state index contributed by atoms with van der Waals surface area (Å²) in [6, 6.07) is 13.0. The summed E-state index contributed by atoms with van der Waals surface area (Å²) in [5.74, 6) is -1.42. The van der Waals surface area contributed by atoms with E-state index >= 15 is 0 Å². The summed E-state index contributed by atoms with van der Waals surface area (Å²) in [7, 11) is 0. The number of aromatic amines is 1. The van der Waals surface area contributed by atoms with E-state index in [-0.39, 0.29) is 23.3 Å². The predicted octanol–water partition coefficient (Wildman–Crippen LogP) is 3.09. The number of H-pyrrole nitrogens is 1. The van der Waals surface area contributed by atoms with E-state index in [1.807, 2.05) is 24.3 Å². The van der Waals surface area contributed by atoms with Crippen molar-refractivity contribution >= 4 is 34.1 Å². The number of nitrogens with zero attached hydrogens (tertiary/aromatic N) is 1. The van der Waals surface area contributed by atoms with Crippen LogP contribution < -0.4 is 5.63 Å².